The van der Waals surface area contributed by atoms with Gasteiger partial charge in [-0.2, -0.15) is 0 Å². The van der Waals surface area contributed by atoms with Gasteiger partial charge in [0.15, 0.2) is 0 Å². The van der Waals surface area contributed by atoms with Crippen molar-refractivity contribution < 1.29 is 9.90 Å². The fourth-order valence-corrected chi connectivity index (χ4v) is 0.598. The molecule has 0 saturated carbocycles. The predicted octanol–water partition coefficient (Wildman–Crippen LogP) is 1.39. The van der Waals surface area contributed by atoms with Gasteiger partial charge in [0.05, 0.1) is 0 Å². The van der Waals surface area contributed by atoms with Gasteiger partial charge < -0.3 is 10.8 Å². The normalized spacial score (nSPS) is 8.17. The van der Waals surface area contributed by atoms with Crippen molar-refractivity contribution in [2.75, 3.05) is 5.73 Å². The van der Waals surface area contributed by atoms with Gasteiger partial charge in [0.2, 0.25) is 0 Å². The van der Waals surface area contributed by atoms with Gasteiger partial charge in [-0.1, -0.05) is 13.8 Å². The molecule has 1 heterocycles. The summed E-state index contributed by atoms with van der Waals surface area (Å²) in [4.78, 5) is 13.9. The Bertz CT molecular complexity index is 261. The molecule has 3 N–H and O–H groups in total. The number of hydrogen-bond donors (Lipinski definition) is 2. The monoisotopic (exact) mass is 168 g/mol. The van der Waals surface area contributed by atoms with E-state index in [2.05, 4.69) is 4.98 Å². The summed E-state index contributed by atoms with van der Waals surface area (Å²) in [5, 5.41) is 8.45. The molecule has 0 radical (unpaired) electrons. The van der Waals surface area contributed by atoms with Crippen LogP contribution in [0.5, 0.6) is 0 Å². The molecule has 66 valence electrons. The lowest BCUT2D eigenvalue weighted by molar-refractivity contribution is 0.0697. The molecule has 1 rings (SSSR count). The second-order valence-corrected chi connectivity index (χ2v) is 1.74. The van der Waals surface area contributed by atoms with Crippen LogP contribution in [0, 0.1) is 0 Å². The number of nitrogens with two attached hydrogens (primary N) is 1. The molecule has 0 atom stereocenters. The lowest BCUT2D eigenvalue weighted by Gasteiger charge is -1.95. The van der Waals surface area contributed by atoms with Gasteiger partial charge in [-0.15, -0.1) is 0 Å². The van der Waals surface area contributed by atoms with Crippen LogP contribution in [0.4, 0.5) is 5.82 Å². The molecule has 4 heteroatoms. The number of carboxylic acids is 1. The van der Waals surface area contributed by atoms with Crippen molar-refractivity contribution in [3.63, 3.8) is 0 Å². The van der Waals surface area contributed by atoms with Crippen LogP contribution in [0.25, 0.3) is 0 Å². The third-order valence-corrected chi connectivity index (χ3v) is 1.07. The minimum Gasteiger partial charge on any atom is -0.478 e. The van der Waals surface area contributed by atoms with Gasteiger partial charge in [0.25, 0.3) is 0 Å². The average molecular weight is 168 g/mol. The second-order valence-electron chi connectivity index (χ2n) is 1.74. The number of hydrogen-bond acceptors (Lipinski definition) is 3. The van der Waals surface area contributed by atoms with Crippen LogP contribution in [-0.2, 0) is 0 Å². The zero-order valence-corrected chi connectivity index (χ0v) is 7.11. The smallest absolute Gasteiger partial charge is 0.339 e. The molecule has 0 aromatic carbocycles. The number of nitrogens with zero attached hydrogens (tertiary/aromatic N) is 1. The maximum absolute atomic E-state index is 10.3. The molecule has 0 aliphatic carbocycles. The number of nitrogen functional groups attached to an aromatic ring is 1. The molecule has 0 amide bonds. The minimum atomic E-state index is -1.05. The Balaban J connectivity index is 0.000000561. The van der Waals surface area contributed by atoms with E-state index in [1.807, 2.05) is 13.8 Å². The average Bonchev–Trinajstić information content (AvgIpc) is 2.08. The van der Waals surface area contributed by atoms with Crippen molar-refractivity contribution in [1.29, 1.82) is 0 Å². The lowest BCUT2D eigenvalue weighted by atomic mass is 10.3. The molecule has 0 aliphatic rings. The lowest BCUT2D eigenvalue weighted by Crippen LogP contribution is -2.03. The van der Waals surface area contributed by atoms with Crippen molar-refractivity contribution in [3.05, 3.63) is 23.9 Å². The first-order valence-corrected chi connectivity index (χ1v) is 3.65. The standard InChI is InChI=1S/C6H6N2O2.C2H6/c7-5-4(6(9)10)2-1-3-8-5;1-2/h1-3H,(H2,7,8)(H,9,10);1-2H3. The van der Waals surface area contributed by atoms with Crippen LogP contribution in [0.3, 0.4) is 0 Å². The molecule has 1 aromatic rings. The topological polar surface area (TPSA) is 76.2 Å². The molecule has 0 spiro atoms. The summed E-state index contributed by atoms with van der Waals surface area (Å²) in [7, 11) is 0. The van der Waals surface area contributed by atoms with Crippen molar-refractivity contribution in [2.45, 2.75) is 13.8 Å². The maximum atomic E-state index is 10.3. The zero-order valence-electron chi connectivity index (χ0n) is 7.11. The van der Waals surface area contributed by atoms with Crippen molar-refractivity contribution in [1.82, 2.24) is 4.98 Å². The van der Waals surface area contributed by atoms with Gasteiger partial charge >= 0.3 is 5.97 Å². The van der Waals surface area contributed by atoms with Crippen LogP contribution in [0.1, 0.15) is 24.2 Å². The number of rotatable bonds is 1. The zero-order chi connectivity index (χ0) is 9.56. The summed E-state index contributed by atoms with van der Waals surface area (Å²) in [5.41, 5.74) is 5.27. The van der Waals surface area contributed by atoms with E-state index in [1.165, 1.54) is 18.3 Å². The first kappa shape index (κ1) is 10.4. The molecule has 0 unspecified atom stereocenters. The molecule has 4 nitrogen and oxygen atoms in total. The van der Waals surface area contributed by atoms with Crippen LogP contribution in [0.15, 0.2) is 18.3 Å². The van der Waals surface area contributed by atoms with E-state index in [9.17, 15) is 4.79 Å². The van der Waals surface area contributed by atoms with E-state index in [1.54, 1.807) is 0 Å². The Morgan fingerprint density at radius 1 is 1.58 bits per heavy atom. The Morgan fingerprint density at radius 3 is 2.50 bits per heavy atom. The van der Waals surface area contributed by atoms with Gasteiger partial charge in [-0.3, -0.25) is 0 Å². The van der Waals surface area contributed by atoms with Crippen LogP contribution >= 0.6 is 0 Å². The Labute approximate surface area is 71.0 Å². The highest BCUT2D eigenvalue weighted by Gasteiger charge is 2.05. The predicted molar refractivity (Wildman–Crippen MR) is 47.0 cm³/mol. The molecule has 0 saturated heterocycles. The molecule has 1 aromatic heterocycles. The number of aromatic carboxylic acids is 1. The van der Waals surface area contributed by atoms with Crippen molar-refractivity contribution in [2.24, 2.45) is 0 Å². The fourth-order valence-electron chi connectivity index (χ4n) is 0.598. The van der Waals surface area contributed by atoms with E-state index in [-0.39, 0.29) is 11.4 Å². The number of anilines is 1. The van der Waals surface area contributed by atoms with Gasteiger partial charge in [0.1, 0.15) is 11.4 Å². The summed E-state index contributed by atoms with van der Waals surface area (Å²) >= 11 is 0. The highest BCUT2D eigenvalue weighted by molar-refractivity contribution is 5.92. The van der Waals surface area contributed by atoms with E-state index in [4.69, 9.17) is 10.8 Å². The third-order valence-electron chi connectivity index (χ3n) is 1.07. The Morgan fingerprint density at radius 2 is 2.17 bits per heavy atom. The Hall–Kier alpha value is -1.58. The quantitative estimate of drug-likeness (QED) is 0.664. The number of carbonyl (C=O) groups is 1. The maximum Gasteiger partial charge on any atom is 0.339 e. The summed E-state index contributed by atoms with van der Waals surface area (Å²) in [6, 6.07) is 2.94. The summed E-state index contributed by atoms with van der Waals surface area (Å²) in [5.74, 6) is -0.999. The SMILES string of the molecule is CC.Nc1ncccc1C(=O)O. The highest BCUT2D eigenvalue weighted by Crippen LogP contribution is 2.05. The summed E-state index contributed by atoms with van der Waals surface area (Å²) in [6.45, 7) is 4.00. The highest BCUT2D eigenvalue weighted by atomic mass is 16.4. The van der Waals surface area contributed by atoms with Crippen LogP contribution in [-0.4, -0.2) is 16.1 Å². The van der Waals surface area contributed by atoms with Crippen molar-refractivity contribution >= 4 is 11.8 Å². The fraction of sp³-hybridized carbons (Fsp3) is 0.250. The molecule has 0 aliphatic heterocycles. The molecule has 0 fully saturated rings. The molecule has 12 heavy (non-hydrogen) atoms. The molecular weight excluding hydrogens is 156 g/mol. The second kappa shape index (κ2) is 5.12. The first-order valence-electron chi connectivity index (χ1n) is 3.65. The Kier molecular flexibility index (Phi) is 4.45. The van der Waals surface area contributed by atoms with E-state index in [0.29, 0.717) is 0 Å². The van der Waals surface area contributed by atoms with Crippen LogP contribution < -0.4 is 5.73 Å². The number of carboxylic acid groups (broad SMARTS) is 1. The molecule has 0 bridgehead atoms. The largest absolute Gasteiger partial charge is 0.478 e. The summed E-state index contributed by atoms with van der Waals surface area (Å²) in [6.07, 6.45) is 1.45. The van der Waals surface area contributed by atoms with Gasteiger partial charge in [0, 0.05) is 6.20 Å². The number of pyridine rings is 1. The van der Waals surface area contributed by atoms with E-state index in [0.717, 1.165) is 0 Å². The molecular formula is C8H12N2O2. The van der Waals surface area contributed by atoms with Gasteiger partial charge in [-0.05, 0) is 12.1 Å². The third kappa shape index (κ3) is 2.57. The van der Waals surface area contributed by atoms with E-state index >= 15 is 0 Å². The van der Waals surface area contributed by atoms with Crippen LogP contribution in [0.2, 0.25) is 0 Å². The van der Waals surface area contributed by atoms with Crippen molar-refractivity contribution in [3.8, 4) is 0 Å². The van der Waals surface area contributed by atoms with Gasteiger partial charge in [-0.25, -0.2) is 9.78 Å². The first-order chi connectivity index (χ1) is 5.72. The van der Waals surface area contributed by atoms with E-state index < -0.39 is 5.97 Å². The summed E-state index contributed by atoms with van der Waals surface area (Å²) < 4.78 is 0. The minimum absolute atomic E-state index is 0.0440. The number of aromatic nitrogens is 1.